The molecule has 0 aliphatic rings. The first-order chi connectivity index (χ1) is 11.6. The van der Waals surface area contributed by atoms with E-state index >= 15 is 0 Å². The molecule has 1 aromatic heterocycles. The van der Waals surface area contributed by atoms with Crippen molar-refractivity contribution in [1.82, 2.24) is 20.1 Å². The van der Waals surface area contributed by atoms with Crippen LogP contribution >= 0.6 is 23.4 Å². The summed E-state index contributed by atoms with van der Waals surface area (Å²) < 4.78 is 1.95. The SMILES string of the molecule is C=CCn1c(S[C@H](C)C(=O)NCCC)nnc1-c1ccc(Cl)cc1. The van der Waals surface area contributed by atoms with Gasteiger partial charge in [-0.25, -0.2) is 0 Å². The summed E-state index contributed by atoms with van der Waals surface area (Å²) in [6, 6.07) is 7.43. The smallest absolute Gasteiger partial charge is 0.233 e. The number of hydrogen-bond donors (Lipinski definition) is 1. The molecule has 2 aromatic rings. The van der Waals surface area contributed by atoms with Crippen molar-refractivity contribution in [2.75, 3.05) is 6.54 Å². The number of aromatic nitrogens is 3. The first-order valence-corrected chi connectivity index (χ1v) is 9.07. The molecule has 0 radical (unpaired) electrons. The fourth-order valence-corrected chi connectivity index (χ4v) is 3.09. The fourth-order valence-electron chi connectivity index (χ4n) is 2.09. The van der Waals surface area contributed by atoms with Crippen LogP contribution in [-0.4, -0.2) is 32.5 Å². The van der Waals surface area contributed by atoms with Gasteiger partial charge in [0, 0.05) is 23.7 Å². The van der Waals surface area contributed by atoms with Crippen LogP contribution in [0.1, 0.15) is 20.3 Å². The molecule has 0 fully saturated rings. The molecule has 2 rings (SSSR count). The lowest BCUT2D eigenvalue weighted by Crippen LogP contribution is -2.31. The van der Waals surface area contributed by atoms with Crippen molar-refractivity contribution >= 4 is 29.3 Å². The quantitative estimate of drug-likeness (QED) is 0.571. The number of carbonyl (C=O) groups excluding carboxylic acids is 1. The highest BCUT2D eigenvalue weighted by Crippen LogP contribution is 2.27. The summed E-state index contributed by atoms with van der Waals surface area (Å²) in [5.74, 6) is 0.735. The van der Waals surface area contributed by atoms with E-state index in [1.807, 2.05) is 42.7 Å². The van der Waals surface area contributed by atoms with Gasteiger partial charge in [-0.3, -0.25) is 9.36 Å². The Labute approximate surface area is 151 Å². The van der Waals surface area contributed by atoms with Crippen molar-refractivity contribution in [3.63, 3.8) is 0 Å². The van der Waals surface area contributed by atoms with Gasteiger partial charge < -0.3 is 5.32 Å². The molecule has 0 spiro atoms. The highest BCUT2D eigenvalue weighted by atomic mass is 35.5. The molecule has 128 valence electrons. The molecule has 0 aliphatic heterocycles. The van der Waals surface area contributed by atoms with E-state index in [9.17, 15) is 4.79 Å². The largest absolute Gasteiger partial charge is 0.355 e. The Bertz CT molecular complexity index is 699. The average molecular weight is 365 g/mol. The number of thioether (sulfide) groups is 1. The third kappa shape index (κ3) is 4.61. The number of amides is 1. The minimum absolute atomic E-state index is 0.00282. The van der Waals surface area contributed by atoms with Crippen LogP contribution in [0, 0.1) is 0 Å². The molecule has 1 amide bonds. The van der Waals surface area contributed by atoms with Gasteiger partial charge in [0.25, 0.3) is 0 Å². The van der Waals surface area contributed by atoms with Crippen molar-refractivity contribution in [2.45, 2.75) is 37.2 Å². The first-order valence-electron chi connectivity index (χ1n) is 7.81. The third-order valence-electron chi connectivity index (χ3n) is 3.33. The van der Waals surface area contributed by atoms with E-state index in [0.29, 0.717) is 23.3 Å². The van der Waals surface area contributed by atoms with Gasteiger partial charge in [-0.2, -0.15) is 0 Å². The van der Waals surface area contributed by atoms with Crippen molar-refractivity contribution in [3.8, 4) is 11.4 Å². The molecule has 5 nitrogen and oxygen atoms in total. The minimum atomic E-state index is -0.248. The zero-order valence-corrected chi connectivity index (χ0v) is 15.4. The maximum Gasteiger partial charge on any atom is 0.233 e. The van der Waals surface area contributed by atoms with Crippen LogP contribution in [0.15, 0.2) is 42.1 Å². The Morgan fingerprint density at radius 3 is 2.75 bits per heavy atom. The summed E-state index contributed by atoms with van der Waals surface area (Å²) in [5.41, 5.74) is 0.920. The van der Waals surface area contributed by atoms with E-state index in [2.05, 4.69) is 22.1 Å². The first kappa shape index (κ1) is 18.5. The van der Waals surface area contributed by atoms with Crippen molar-refractivity contribution in [1.29, 1.82) is 0 Å². The van der Waals surface area contributed by atoms with Gasteiger partial charge >= 0.3 is 0 Å². The molecule has 7 heteroatoms. The number of halogens is 1. The molecule has 0 saturated heterocycles. The van der Waals surface area contributed by atoms with Crippen LogP contribution in [0.2, 0.25) is 5.02 Å². The topological polar surface area (TPSA) is 59.8 Å². The Kier molecular flexibility index (Phi) is 6.87. The summed E-state index contributed by atoms with van der Waals surface area (Å²) in [4.78, 5) is 12.1. The zero-order chi connectivity index (χ0) is 17.5. The number of nitrogens with zero attached hydrogens (tertiary/aromatic N) is 3. The Balaban J connectivity index is 2.23. The van der Waals surface area contributed by atoms with Gasteiger partial charge in [-0.1, -0.05) is 36.4 Å². The number of rotatable bonds is 8. The van der Waals surface area contributed by atoms with E-state index in [-0.39, 0.29) is 11.2 Å². The molecule has 1 N–H and O–H groups in total. The lowest BCUT2D eigenvalue weighted by molar-refractivity contribution is -0.120. The Hall–Kier alpha value is -1.79. The minimum Gasteiger partial charge on any atom is -0.355 e. The van der Waals surface area contributed by atoms with Crippen LogP contribution in [0.4, 0.5) is 0 Å². The second kappa shape index (κ2) is 8.89. The van der Waals surface area contributed by atoms with Gasteiger partial charge in [0.15, 0.2) is 11.0 Å². The number of nitrogens with one attached hydrogen (secondary N) is 1. The summed E-state index contributed by atoms with van der Waals surface area (Å²) in [6.45, 7) is 8.93. The lowest BCUT2D eigenvalue weighted by atomic mass is 10.2. The highest BCUT2D eigenvalue weighted by Gasteiger charge is 2.20. The van der Waals surface area contributed by atoms with Crippen LogP contribution in [0.25, 0.3) is 11.4 Å². The number of hydrogen-bond acceptors (Lipinski definition) is 4. The molecule has 1 heterocycles. The number of benzene rings is 1. The van der Waals surface area contributed by atoms with Gasteiger partial charge in [-0.15, -0.1) is 16.8 Å². The molecule has 0 saturated carbocycles. The van der Waals surface area contributed by atoms with E-state index < -0.39 is 0 Å². The van der Waals surface area contributed by atoms with Gasteiger partial charge in [0.2, 0.25) is 5.91 Å². The second-order valence-electron chi connectivity index (χ2n) is 5.26. The standard InChI is InChI=1S/C17H21ClN4OS/c1-4-10-19-16(23)12(3)24-17-21-20-15(22(17)11-5-2)13-6-8-14(18)9-7-13/h5-9,12H,2,4,10-11H2,1,3H3,(H,19,23)/t12-/m1/s1. The number of carbonyl (C=O) groups is 1. The third-order valence-corrected chi connectivity index (χ3v) is 4.66. The molecule has 24 heavy (non-hydrogen) atoms. The Morgan fingerprint density at radius 1 is 1.42 bits per heavy atom. The van der Waals surface area contributed by atoms with E-state index in [1.165, 1.54) is 11.8 Å². The Morgan fingerprint density at radius 2 is 2.12 bits per heavy atom. The molecular weight excluding hydrogens is 344 g/mol. The van der Waals surface area contributed by atoms with E-state index in [4.69, 9.17) is 11.6 Å². The van der Waals surface area contributed by atoms with E-state index in [0.717, 1.165) is 17.8 Å². The maximum atomic E-state index is 12.1. The monoisotopic (exact) mass is 364 g/mol. The molecule has 0 bridgehead atoms. The molecule has 0 aliphatic carbocycles. The fraction of sp³-hybridized carbons (Fsp3) is 0.353. The van der Waals surface area contributed by atoms with Crippen LogP contribution in [0.5, 0.6) is 0 Å². The van der Waals surface area contributed by atoms with Crippen LogP contribution in [-0.2, 0) is 11.3 Å². The molecule has 0 unspecified atom stereocenters. The van der Waals surface area contributed by atoms with Gasteiger partial charge in [0.1, 0.15) is 0 Å². The molecule has 1 atom stereocenters. The normalized spacial score (nSPS) is 12.0. The highest BCUT2D eigenvalue weighted by molar-refractivity contribution is 8.00. The van der Waals surface area contributed by atoms with Crippen molar-refractivity contribution < 1.29 is 4.79 Å². The van der Waals surface area contributed by atoms with E-state index in [1.54, 1.807) is 6.08 Å². The summed E-state index contributed by atoms with van der Waals surface area (Å²) in [7, 11) is 0. The predicted molar refractivity (Wildman–Crippen MR) is 99.3 cm³/mol. The summed E-state index contributed by atoms with van der Waals surface area (Å²) >= 11 is 7.33. The van der Waals surface area contributed by atoms with Crippen LogP contribution in [0.3, 0.4) is 0 Å². The maximum absolute atomic E-state index is 12.1. The molecule has 1 aromatic carbocycles. The predicted octanol–water partition coefficient (Wildman–Crippen LogP) is 3.79. The van der Waals surface area contributed by atoms with Gasteiger partial charge in [-0.05, 0) is 37.6 Å². The summed E-state index contributed by atoms with van der Waals surface area (Å²) in [5, 5.41) is 12.5. The second-order valence-corrected chi connectivity index (χ2v) is 7.01. The van der Waals surface area contributed by atoms with Crippen molar-refractivity contribution in [3.05, 3.63) is 41.9 Å². The van der Waals surface area contributed by atoms with Gasteiger partial charge in [0.05, 0.1) is 5.25 Å². The number of allylic oxidation sites excluding steroid dienone is 1. The lowest BCUT2D eigenvalue weighted by Gasteiger charge is -2.12. The zero-order valence-electron chi connectivity index (χ0n) is 13.8. The van der Waals surface area contributed by atoms with Crippen molar-refractivity contribution in [2.24, 2.45) is 0 Å². The molecular formula is C17H21ClN4OS. The average Bonchev–Trinajstić information content (AvgIpc) is 2.96. The summed E-state index contributed by atoms with van der Waals surface area (Å²) in [6.07, 6.45) is 2.70. The van der Waals surface area contributed by atoms with Crippen LogP contribution < -0.4 is 5.32 Å².